The summed E-state index contributed by atoms with van der Waals surface area (Å²) < 4.78 is 5.85. The Kier molecular flexibility index (Phi) is 11.2. The van der Waals surface area contributed by atoms with E-state index in [0.717, 1.165) is 41.0 Å². The molecule has 202 valence electrons. The summed E-state index contributed by atoms with van der Waals surface area (Å²) in [7, 11) is 1.68. The first kappa shape index (κ1) is 28.8. The summed E-state index contributed by atoms with van der Waals surface area (Å²) in [5, 5.41) is 14.5. The van der Waals surface area contributed by atoms with Crippen LogP contribution in [0.1, 0.15) is 51.5 Å². The molecule has 0 unspecified atom stereocenters. The Morgan fingerprint density at radius 3 is 2.13 bits per heavy atom. The van der Waals surface area contributed by atoms with E-state index in [-0.39, 0.29) is 5.91 Å². The van der Waals surface area contributed by atoms with E-state index in [1.54, 1.807) is 7.05 Å². The Balaban J connectivity index is 1.55. The standard InChI is InChI=1S/C30H38N4O4/c1-4-5-6-7-8-17-38-26-15-13-23(14-16-26)25-19-32-28(33-20-25)24-11-9-22(10-12-24)18-27(31-3)29(35)34-21(2)30(36)37/h9-16,19-21,27,31H,4-8,17-18H2,1-3H3,(H,34,35)(H,36,37)/t21-,27-/m0/s1. The van der Waals surface area contributed by atoms with Crippen molar-refractivity contribution in [3.63, 3.8) is 0 Å². The molecule has 0 radical (unpaired) electrons. The number of benzene rings is 2. The van der Waals surface area contributed by atoms with Crippen LogP contribution in [0.4, 0.5) is 0 Å². The fourth-order valence-electron chi connectivity index (χ4n) is 3.99. The van der Waals surface area contributed by atoms with Gasteiger partial charge in [0, 0.05) is 23.5 Å². The van der Waals surface area contributed by atoms with Crippen LogP contribution in [0.25, 0.3) is 22.5 Å². The van der Waals surface area contributed by atoms with Gasteiger partial charge in [-0.25, -0.2) is 9.97 Å². The zero-order valence-electron chi connectivity index (χ0n) is 22.4. The van der Waals surface area contributed by atoms with Crippen LogP contribution < -0.4 is 15.4 Å². The summed E-state index contributed by atoms with van der Waals surface area (Å²) in [6.07, 6.45) is 10.1. The van der Waals surface area contributed by atoms with E-state index in [0.29, 0.717) is 12.2 Å². The van der Waals surface area contributed by atoms with Gasteiger partial charge in [0.25, 0.3) is 0 Å². The van der Waals surface area contributed by atoms with Gasteiger partial charge >= 0.3 is 5.97 Å². The van der Waals surface area contributed by atoms with Gasteiger partial charge in [0.2, 0.25) is 5.91 Å². The molecular formula is C30H38N4O4. The van der Waals surface area contributed by atoms with Crippen molar-refractivity contribution >= 4 is 11.9 Å². The van der Waals surface area contributed by atoms with E-state index in [9.17, 15) is 9.59 Å². The number of carboxylic acid groups (broad SMARTS) is 1. The number of aromatic nitrogens is 2. The minimum atomic E-state index is -1.07. The van der Waals surface area contributed by atoms with Crippen molar-refractivity contribution in [3.8, 4) is 28.3 Å². The molecule has 0 fully saturated rings. The van der Waals surface area contributed by atoms with Gasteiger partial charge in [-0.1, -0.05) is 69.0 Å². The highest BCUT2D eigenvalue weighted by atomic mass is 16.5. The average Bonchev–Trinajstić information content (AvgIpc) is 2.94. The maximum atomic E-state index is 12.4. The van der Waals surface area contributed by atoms with Crippen molar-refractivity contribution in [2.75, 3.05) is 13.7 Å². The summed E-state index contributed by atoms with van der Waals surface area (Å²) >= 11 is 0. The van der Waals surface area contributed by atoms with E-state index in [1.807, 2.05) is 60.9 Å². The number of amides is 1. The number of nitrogens with zero attached hydrogens (tertiary/aromatic N) is 2. The Labute approximate surface area is 224 Å². The number of carbonyl (C=O) groups is 2. The van der Waals surface area contributed by atoms with Crippen LogP contribution in [-0.4, -0.2) is 52.7 Å². The van der Waals surface area contributed by atoms with Crippen molar-refractivity contribution in [1.29, 1.82) is 0 Å². The van der Waals surface area contributed by atoms with Crippen molar-refractivity contribution in [2.45, 2.75) is 64.5 Å². The number of aliphatic carboxylic acids is 1. The van der Waals surface area contributed by atoms with Gasteiger partial charge in [0.05, 0.1) is 12.6 Å². The molecule has 0 bridgehead atoms. The Hall–Kier alpha value is -3.78. The van der Waals surface area contributed by atoms with Gasteiger partial charge in [-0.05, 0) is 50.1 Å². The molecular weight excluding hydrogens is 480 g/mol. The summed E-state index contributed by atoms with van der Waals surface area (Å²) in [5.41, 5.74) is 3.75. The molecule has 0 spiro atoms. The lowest BCUT2D eigenvalue weighted by Gasteiger charge is -2.18. The van der Waals surface area contributed by atoms with Gasteiger partial charge in [-0.15, -0.1) is 0 Å². The highest BCUT2D eigenvalue weighted by Crippen LogP contribution is 2.23. The molecule has 1 amide bonds. The van der Waals surface area contributed by atoms with E-state index in [2.05, 4.69) is 27.5 Å². The Morgan fingerprint density at radius 1 is 0.895 bits per heavy atom. The molecule has 8 nitrogen and oxygen atoms in total. The van der Waals surface area contributed by atoms with Crippen LogP contribution in [0.5, 0.6) is 5.75 Å². The largest absolute Gasteiger partial charge is 0.494 e. The predicted molar refractivity (Wildman–Crippen MR) is 149 cm³/mol. The maximum Gasteiger partial charge on any atom is 0.325 e. The second kappa shape index (κ2) is 14.8. The highest BCUT2D eigenvalue weighted by Gasteiger charge is 2.21. The smallest absolute Gasteiger partial charge is 0.325 e. The molecule has 3 aromatic rings. The van der Waals surface area contributed by atoms with Gasteiger partial charge in [-0.3, -0.25) is 9.59 Å². The zero-order chi connectivity index (χ0) is 27.3. The molecule has 3 rings (SSSR count). The third kappa shape index (κ3) is 8.66. The molecule has 1 aromatic heterocycles. The number of unbranched alkanes of at least 4 members (excludes halogenated alkanes) is 4. The molecule has 0 saturated heterocycles. The second-order valence-electron chi connectivity index (χ2n) is 9.39. The Morgan fingerprint density at radius 2 is 1.53 bits per heavy atom. The van der Waals surface area contributed by atoms with E-state index >= 15 is 0 Å². The molecule has 38 heavy (non-hydrogen) atoms. The minimum Gasteiger partial charge on any atom is -0.494 e. The maximum absolute atomic E-state index is 12.4. The number of carboxylic acids is 1. The number of rotatable bonds is 15. The van der Waals surface area contributed by atoms with E-state index in [1.165, 1.54) is 32.6 Å². The number of nitrogens with one attached hydrogen (secondary N) is 2. The van der Waals surface area contributed by atoms with Crippen LogP contribution >= 0.6 is 0 Å². The summed E-state index contributed by atoms with van der Waals surface area (Å²) in [4.78, 5) is 32.5. The summed E-state index contributed by atoms with van der Waals surface area (Å²) in [6, 6.07) is 14.2. The molecule has 8 heteroatoms. The quantitative estimate of drug-likeness (QED) is 0.246. The number of ether oxygens (including phenoxy) is 1. The first-order chi connectivity index (χ1) is 18.4. The van der Waals surface area contributed by atoms with E-state index < -0.39 is 18.1 Å². The molecule has 3 N–H and O–H groups in total. The summed E-state index contributed by atoms with van der Waals surface area (Å²) in [6.45, 7) is 4.40. The van der Waals surface area contributed by atoms with Crippen LogP contribution in [0.15, 0.2) is 60.9 Å². The van der Waals surface area contributed by atoms with Crippen molar-refractivity contribution in [1.82, 2.24) is 20.6 Å². The number of carbonyl (C=O) groups excluding carboxylic acids is 1. The lowest BCUT2D eigenvalue weighted by Crippen LogP contribution is -2.49. The molecule has 0 saturated carbocycles. The fraction of sp³-hybridized carbons (Fsp3) is 0.400. The predicted octanol–water partition coefficient (Wildman–Crippen LogP) is 4.88. The van der Waals surface area contributed by atoms with Crippen LogP contribution in [-0.2, 0) is 16.0 Å². The van der Waals surface area contributed by atoms with Crippen molar-refractivity contribution < 1.29 is 19.4 Å². The normalized spacial score (nSPS) is 12.5. The Bertz CT molecular complexity index is 1150. The topological polar surface area (TPSA) is 113 Å². The third-order valence-corrected chi connectivity index (χ3v) is 6.40. The third-order valence-electron chi connectivity index (χ3n) is 6.40. The number of hydrogen-bond acceptors (Lipinski definition) is 6. The van der Waals surface area contributed by atoms with Crippen LogP contribution in [0.3, 0.4) is 0 Å². The molecule has 2 aromatic carbocycles. The lowest BCUT2D eigenvalue weighted by atomic mass is 10.0. The number of likely N-dealkylation sites (N-methyl/N-ethyl adjacent to an activating group) is 1. The van der Waals surface area contributed by atoms with E-state index in [4.69, 9.17) is 9.84 Å². The van der Waals surface area contributed by atoms with Gasteiger partial charge in [0.1, 0.15) is 11.8 Å². The molecule has 2 atom stereocenters. The molecule has 0 aliphatic heterocycles. The minimum absolute atomic E-state index is 0.354. The number of hydrogen-bond donors (Lipinski definition) is 3. The molecule has 1 heterocycles. The molecule has 0 aliphatic rings. The fourth-order valence-corrected chi connectivity index (χ4v) is 3.99. The first-order valence-corrected chi connectivity index (χ1v) is 13.3. The lowest BCUT2D eigenvalue weighted by molar-refractivity contribution is -0.141. The first-order valence-electron chi connectivity index (χ1n) is 13.3. The summed E-state index contributed by atoms with van der Waals surface area (Å²) in [5.74, 6) is 0.0586. The van der Waals surface area contributed by atoms with Crippen molar-refractivity contribution in [2.24, 2.45) is 0 Å². The van der Waals surface area contributed by atoms with Crippen molar-refractivity contribution in [3.05, 3.63) is 66.5 Å². The van der Waals surface area contributed by atoms with Crippen LogP contribution in [0.2, 0.25) is 0 Å². The SMILES string of the molecule is CCCCCCCOc1ccc(-c2cnc(-c3ccc(C[C@H](NC)C(=O)N[C@@H](C)C(=O)O)cc3)nc2)cc1. The zero-order valence-corrected chi connectivity index (χ0v) is 22.4. The van der Waals surface area contributed by atoms with Gasteiger partial charge in [-0.2, -0.15) is 0 Å². The van der Waals surface area contributed by atoms with Gasteiger partial charge in [0.15, 0.2) is 5.82 Å². The van der Waals surface area contributed by atoms with Gasteiger partial charge < -0.3 is 20.5 Å². The second-order valence-corrected chi connectivity index (χ2v) is 9.39. The molecule has 0 aliphatic carbocycles. The van der Waals surface area contributed by atoms with Crippen LogP contribution in [0, 0.1) is 0 Å². The average molecular weight is 519 g/mol. The highest BCUT2D eigenvalue weighted by molar-refractivity contribution is 5.86. The monoisotopic (exact) mass is 518 g/mol.